The number of carbonyl (C=O) groups is 1. The zero-order chi connectivity index (χ0) is 10.1. The molecule has 0 saturated heterocycles. The number of hydrogen-bond donors (Lipinski definition) is 1. The average Bonchev–Trinajstić information content (AvgIpc) is 2.33. The smallest absolute Gasteiger partial charge is 0.231 e. The van der Waals surface area contributed by atoms with E-state index < -0.39 is 0 Å². The summed E-state index contributed by atoms with van der Waals surface area (Å²) in [5.74, 6) is -0.0191. The number of nitrogens with one attached hydrogen (secondary N) is 1. The lowest BCUT2D eigenvalue weighted by atomic mass is 9.96. The molecule has 0 aromatic carbocycles. The molecule has 0 saturated carbocycles. The first-order valence-electron chi connectivity index (χ1n) is 3.82. The largest absolute Gasteiger partial charge is 0.301 e. The maximum atomic E-state index is 11.5. The highest BCUT2D eigenvalue weighted by Crippen LogP contribution is 2.25. The van der Waals surface area contributed by atoms with Crippen LogP contribution in [0.2, 0.25) is 0 Å². The fourth-order valence-corrected chi connectivity index (χ4v) is 1.70. The Labute approximate surface area is 89.7 Å². The molecule has 1 heterocycles. The Balaban J connectivity index is 2.65. The van der Waals surface area contributed by atoms with Gasteiger partial charge in [-0.25, -0.2) is 4.98 Å². The lowest BCUT2D eigenvalue weighted by molar-refractivity contribution is -0.123. The van der Waals surface area contributed by atoms with Gasteiger partial charge in [-0.15, -0.1) is 0 Å². The third kappa shape index (κ3) is 3.08. The van der Waals surface area contributed by atoms with Crippen LogP contribution in [0.3, 0.4) is 0 Å². The number of nitrogens with zero attached hydrogens (tertiary/aromatic N) is 1. The maximum Gasteiger partial charge on any atom is 0.231 e. The van der Waals surface area contributed by atoms with E-state index in [1.807, 2.05) is 20.8 Å². The number of aromatic nitrogens is 1. The first-order valence-corrected chi connectivity index (χ1v) is 5.43. The van der Waals surface area contributed by atoms with Crippen LogP contribution in [-0.2, 0) is 4.79 Å². The van der Waals surface area contributed by atoms with Crippen LogP contribution in [0.5, 0.6) is 0 Å². The van der Waals surface area contributed by atoms with E-state index in [0.29, 0.717) is 5.13 Å². The molecule has 0 aliphatic carbocycles. The van der Waals surface area contributed by atoms with Crippen molar-refractivity contribution in [2.45, 2.75) is 20.8 Å². The third-order valence-electron chi connectivity index (χ3n) is 1.38. The van der Waals surface area contributed by atoms with Gasteiger partial charge in [-0.05, 0) is 15.9 Å². The van der Waals surface area contributed by atoms with Gasteiger partial charge in [0.1, 0.15) is 0 Å². The molecule has 3 nitrogen and oxygen atoms in total. The van der Waals surface area contributed by atoms with Crippen LogP contribution in [-0.4, -0.2) is 10.9 Å². The van der Waals surface area contributed by atoms with E-state index in [0.717, 1.165) is 3.79 Å². The second-order valence-electron chi connectivity index (χ2n) is 3.67. The van der Waals surface area contributed by atoms with Gasteiger partial charge in [-0.3, -0.25) is 4.79 Å². The number of anilines is 1. The number of hydrogen-bond acceptors (Lipinski definition) is 3. The molecule has 1 N–H and O–H groups in total. The number of amides is 1. The van der Waals surface area contributed by atoms with E-state index in [1.54, 1.807) is 6.20 Å². The molecule has 0 bridgehead atoms. The van der Waals surface area contributed by atoms with Crippen molar-refractivity contribution in [1.82, 2.24) is 4.98 Å². The van der Waals surface area contributed by atoms with Crippen LogP contribution in [0.25, 0.3) is 0 Å². The summed E-state index contributed by atoms with van der Waals surface area (Å²) in [5, 5.41) is 3.37. The number of thiazole rings is 1. The van der Waals surface area contributed by atoms with Crippen molar-refractivity contribution in [1.29, 1.82) is 0 Å². The molecule has 1 amide bonds. The van der Waals surface area contributed by atoms with Gasteiger partial charge in [0.2, 0.25) is 5.91 Å². The Morgan fingerprint density at radius 1 is 1.62 bits per heavy atom. The van der Waals surface area contributed by atoms with Gasteiger partial charge in [-0.1, -0.05) is 32.1 Å². The van der Waals surface area contributed by atoms with Crippen molar-refractivity contribution in [3.05, 3.63) is 9.98 Å². The van der Waals surface area contributed by atoms with E-state index in [-0.39, 0.29) is 11.3 Å². The lowest BCUT2D eigenvalue weighted by Crippen LogP contribution is -2.27. The highest BCUT2D eigenvalue weighted by atomic mass is 79.9. The highest BCUT2D eigenvalue weighted by molar-refractivity contribution is 9.11. The van der Waals surface area contributed by atoms with Crippen molar-refractivity contribution in [2.75, 3.05) is 5.32 Å². The summed E-state index contributed by atoms with van der Waals surface area (Å²) < 4.78 is 0.914. The van der Waals surface area contributed by atoms with E-state index in [4.69, 9.17) is 0 Å². The van der Waals surface area contributed by atoms with E-state index in [1.165, 1.54) is 11.3 Å². The minimum atomic E-state index is -0.377. The first kappa shape index (κ1) is 10.7. The molecule has 1 aromatic heterocycles. The van der Waals surface area contributed by atoms with Gasteiger partial charge < -0.3 is 5.32 Å². The van der Waals surface area contributed by atoms with Crippen molar-refractivity contribution in [3.63, 3.8) is 0 Å². The molecular weight excluding hydrogens is 252 g/mol. The van der Waals surface area contributed by atoms with Gasteiger partial charge in [0.25, 0.3) is 0 Å². The molecule has 0 aliphatic rings. The molecule has 0 aliphatic heterocycles. The summed E-state index contributed by atoms with van der Waals surface area (Å²) in [6, 6.07) is 0. The van der Waals surface area contributed by atoms with Crippen molar-refractivity contribution >= 4 is 38.3 Å². The van der Waals surface area contributed by atoms with E-state index in [9.17, 15) is 4.79 Å². The lowest BCUT2D eigenvalue weighted by Gasteiger charge is -2.15. The fourth-order valence-electron chi connectivity index (χ4n) is 0.597. The summed E-state index contributed by atoms with van der Waals surface area (Å²) in [4.78, 5) is 15.5. The van der Waals surface area contributed by atoms with Crippen LogP contribution in [0.15, 0.2) is 9.98 Å². The van der Waals surface area contributed by atoms with Gasteiger partial charge in [0, 0.05) is 5.41 Å². The summed E-state index contributed by atoms with van der Waals surface area (Å²) >= 11 is 4.68. The summed E-state index contributed by atoms with van der Waals surface area (Å²) in [7, 11) is 0. The minimum absolute atomic E-state index is 0.0191. The van der Waals surface area contributed by atoms with E-state index in [2.05, 4.69) is 26.2 Å². The summed E-state index contributed by atoms with van der Waals surface area (Å²) in [6.07, 6.45) is 1.67. The molecule has 0 unspecified atom stereocenters. The second kappa shape index (κ2) is 3.75. The van der Waals surface area contributed by atoms with Crippen molar-refractivity contribution < 1.29 is 4.79 Å². The van der Waals surface area contributed by atoms with Crippen LogP contribution < -0.4 is 5.32 Å². The Hall–Kier alpha value is -0.420. The summed E-state index contributed by atoms with van der Waals surface area (Å²) in [6.45, 7) is 5.60. The molecule has 1 aromatic rings. The molecule has 1 rings (SSSR count). The molecule has 13 heavy (non-hydrogen) atoms. The number of rotatable bonds is 1. The molecule has 5 heteroatoms. The van der Waals surface area contributed by atoms with Crippen LogP contribution >= 0.6 is 27.3 Å². The molecule has 0 fully saturated rings. The Morgan fingerprint density at radius 3 is 2.62 bits per heavy atom. The van der Waals surface area contributed by atoms with Gasteiger partial charge in [-0.2, -0.15) is 0 Å². The molecular formula is C8H11BrN2OS. The second-order valence-corrected chi connectivity index (χ2v) is 6.08. The summed E-state index contributed by atoms with van der Waals surface area (Å²) in [5.41, 5.74) is -0.377. The topological polar surface area (TPSA) is 42.0 Å². The zero-order valence-electron chi connectivity index (χ0n) is 7.72. The molecule has 72 valence electrons. The standard InChI is InChI=1S/C8H11BrN2OS/c1-8(2,3)6(12)11-7-10-4-5(9)13-7/h4H,1-3H3,(H,10,11,12). The van der Waals surface area contributed by atoms with Crippen LogP contribution in [0.4, 0.5) is 5.13 Å². The normalized spacial score (nSPS) is 11.4. The maximum absolute atomic E-state index is 11.5. The zero-order valence-corrected chi connectivity index (χ0v) is 10.1. The van der Waals surface area contributed by atoms with Crippen molar-refractivity contribution in [2.24, 2.45) is 5.41 Å². The molecule has 0 radical (unpaired) electrons. The van der Waals surface area contributed by atoms with Gasteiger partial charge in [0.05, 0.1) is 9.98 Å². The van der Waals surface area contributed by atoms with Gasteiger partial charge in [0.15, 0.2) is 5.13 Å². The number of halogens is 1. The van der Waals surface area contributed by atoms with Crippen LogP contribution in [0.1, 0.15) is 20.8 Å². The minimum Gasteiger partial charge on any atom is -0.301 e. The Morgan fingerprint density at radius 2 is 2.23 bits per heavy atom. The highest BCUT2D eigenvalue weighted by Gasteiger charge is 2.21. The Bertz CT molecular complexity index is 316. The predicted octanol–water partition coefficient (Wildman–Crippen LogP) is 2.89. The molecule has 0 atom stereocenters. The predicted molar refractivity (Wildman–Crippen MR) is 57.9 cm³/mol. The van der Waals surface area contributed by atoms with Crippen molar-refractivity contribution in [3.8, 4) is 0 Å². The number of carbonyl (C=O) groups excluding carboxylic acids is 1. The monoisotopic (exact) mass is 262 g/mol. The molecule has 0 spiro atoms. The van der Waals surface area contributed by atoms with E-state index >= 15 is 0 Å². The fraction of sp³-hybridized carbons (Fsp3) is 0.500. The SMILES string of the molecule is CC(C)(C)C(=O)Nc1ncc(Br)s1. The third-order valence-corrected chi connectivity index (χ3v) is 2.77. The van der Waals surface area contributed by atoms with Gasteiger partial charge >= 0.3 is 0 Å². The van der Waals surface area contributed by atoms with Crippen LogP contribution in [0, 0.1) is 5.41 Å². The first-order chi connectivity index (χ1) is 5.89. The average molecular weight is 263 g/mol. The Kier molecular flexibility index (Phi) is 3.08. The quantitative estimate of drug-likeness (QED) is 0.846.